The Hall–Kier alpha value is -1.06. The van der Waals surface area contributed by atoms with Crippen molar-refractivity contribution in [2.24, 2.45) is 0 Å². The van der Waals surface area contributed by atoms with Crippen LogP contribution in [0.1, 0.15) is 0 Å². The molecule has 0 saturated carbocycles. The highest BCUT2D eigenvalue weighted by atomic mass is 15.3. The molecule has 86 valence electrons. The van der Waals surface area contributed by atoms with E-state index in [9.17, 15) is 0 Å². The summed E-state index contributed by atoms with van der Waals surface area (Å²) in [7, 11) is 0. The number of hydrogen-bond acceptors (Lipinski definition) is 3. The van der Waals surface area contributed by atoms with Crippen molar-refractivity contribution in [3.05, 3.63) is 30.3 Å². The number of nitrogens with zero attached hydrogens (tertiary/aromatic N) is 2. The zero-order chi connectivity index (χ0) is 10.8. The van der Waals surface area contributed by atoms with Gasteiger partial charge in [0.15, 0.2) is 0 Å². The quantitative estimate of drug-likeness (QED) is 0.790. The van der Waals surface area contributed by atoms with Crippen LogP contribution in [0.15, 0.2) is 30.3 Å². The normalized spacial score (nSPS) is 23.1. The van der Waals surface area contributed by atoms with Gasteiger partial charge in [0.1, 0.15) is 0 Å². The van der Waals surface area contributed by atoms with Crippen LogP contribution in [0.3, 0.4) is 0 Å². The first-order chi connectivity index (χ1) is 7.93. The fourth-order valence-electron chi connectivity index (χ4n) is 2.58. The summed E-state index contributed by atoms with van der Waals surface area (Å²) in [6.45, 7) is 7.14. The summed E-state index contributed by atoms with van der Waals surface area (Å²) in [6, 6.07) is 11.5. The topological polar surface area (TPSA) is 18.5 Å². The molecule has 16 heavy (non-hydrogen) atoms. The van der Waals surface area contributed by atoms with Gasteiger partial charge in [0.05, 0.1) is 0 Å². The Bertz CT molecular complexity index is 326. The molecule has 0 radical (unpaired) electrons. The summed E-state index contributed by atoms with van der Waals surface area (Å²) in [5.41, 5.74) is 1.37. The molecule has 2 heterocycles. The maximum atomic E-state index is 3.41. The number of nitrogens with one attached hydrogen (secondary N) is 1. The molecule has 0 aliphatic carbocycles. The average molecular weight is 217 g/mol. The Morgan fingerprint density at radius 2 is 1.69 bits per heavy atom. The molecule has 0 spiro atoms. The first-order valence-corrected chi connectivity index (χ1v) is 6.18. The van der Waals surface area contributed by atoms with Crippen LogP contribution in [0, 0.1) is 0 Å². The molecule has 0 aromatic heterocycles. The third-order valence-electron chi connectivity index (χ3n) is 3.65. The van der Waals surface area contributed by atoms with E-state index in [-0.39, 0.29) is 0 Å². The fraction of sp³-hybridized carbons (Fsp3) is 0.538. The van der Waals surface area contributed by atoms with E-state index in [2.05, 4.69) is 45.4 Å². The number of hydrogen-bond donors (Lipinski definition) is 1. The Labute approximate surface area is 97.0 Å². The minimum absolute atomic E-state index is 0.780. The van der Waals surface area contributed by atoms with Crippen molar-refractivity contribution in [3.8, 4) is 0 Å². The van der Waals surface area contributed by atoms with Crippen LogP contribution in [0.25, 0.3) is 0 Å². The Kier molecular flexibility index (Phi) is 2.80. The molecule has 2 aliphatic rings. The third-order valence-corrected chi connectivity index (χ3v) is 3.65. The van der Waals surface area contributed by atoms with Gasteiger partial charge in [0.2, 0.25) is 0 Å². The first kappa shape index (κ1) is 10.1. The van der Waals surface area contributed by atoms with Crippen molar-refractivity contribution in [3.63, 3.8) is 0 Å². The molecule has 2 saturated heterocycles. The minimum Gasteiger partial charge on any atom is -0.368 e. The zero-order valence-electron chi connectivity index (χ0n) is 9.60. The second-order valence-corrected chi connectivity index (χ2v) is 4.68. The smallest absolute Gasteiger partial charge is 0.0447 e. The zero-order valence-corrected chi connectivity index (χ0v) is 9.60. The molecular weight excluding hydrogens is 198 g/mol. The Balaban J connectivity index is 1.54. The van der Waals surface area contributed by atoms with Gasteiger partial charge in [-0.2, -0.15) is 0 Å². The summed E-state index contributed by atoms with van der Waals surface area (Å²) in [5.74, 6) is 0. The van der Waals surface area contributed by atoms with Crippen LogP contribution in [0.2, 0.25) is 0 Å². The molecule has 3 heteroatoms. The SMILES string of the molecule is c1ccc(N2CC(N3CCNCC3)C2)cc1. The predicted octanol–water partition coefficient (Wildman–Crippen LogP) is 0.780. The standard InChI is InChI=1S/C13H19N3/c1-2-4-12(5-3-1)16-10-13(11-16)15-8-6-14-7-9-15/h1-5,13-14H,6-11H2. The Morgan fingerprint density at radius 3 is 2.38 bits per heavy atom. The fourth-order valence-corrected chi connectivity index (χ4v) is 2.58. The molecule has 3 nitrogen and oxygen atoms in total. The van der Waals surface area contributed by atoms with Gasteiger partial charge in [0, 0.05) is 51.0 Å². The minimum atomic E-state index is 0.780. The van der Waals surface area contributed by atoms with Crippen molar-refractivity contribution in [2.45, 2.75) is 6.04 Å². The first-order valence-electron chi connectivity index (χ1n) is 6.18. The van der Waals surface area contributed by atoms with Gasteiger partial charge in [-0.1, -0.05) is 18.2 Å². The van der Waals surface area contributed by atoms with Crippen LogP contribution >= 0.6 is 0 Å². The highest BCUT2D eigenvalue weighted by molar-refractivity contribution is 5.49. The number of para-hydroxylation sites is 1. The Morgan fingerprint density at radius 1 is 1.00 bits per heavy atom. The summed E-state index contributed by atoms with van der Waals surface area (Å²) >= 11 is 0. The monoisotopic (exact) mass is 217 g/mol. The van der Waals surface area contributed by atoms with Crippen molar-refractivity contribution in [1.82, 2.24) is 10.2 Å². The van der Waals surface area contributed by atoms with E-state index < -0.39 is 0 Å². The van der Waals surface area contributed by atoms with E-state index in [1.807, 2.05) is 0 Å². The molecule has 0 unspecified atom stereocenters. The molecule has 0 atom stereocenters. The number of piperazine rings is 1. The van der Waals surface area contributed by atoms with Crippen LogP contribution in [-0.2, 0) is 0 Å². The van der Waals surface area contributed by atoms with Gasteiger partial charge in [-0.3, -0.25) is 4.90 Å². The highest BCUT2D eigenvalue weighted by Crippen LogP contribution is 2.23. The molecule has 0 bridgehead atoms. The highest BCUT2D eigenvalue weighted by Gasteiger charge is 2.32. The summed E-state index contributed by atoms with van der Waals surface area (Å²) in [6.07, 6.45) is 0. The predicted molar refractivity (Wildman–Crippen MR) is 66.9 cm³/mol. The van der Waals surface area contributed by atoms with E-state index in [4.69, 9.17) is 0 Å². The second-order valence-electron chi connectivity index (χ2n) is 4.68. The van der Waals surface area contributed by atoms with E-state index in [1.54, 1.807) is 0 Å². The lowest BCUT2D eigenvalue weighted by Gasteiger charge is -2.48. The molecule has 3 rings (SSSR count). The van der Waals surface area contributed by atoms with Crippen LogP contribution in [0.5, 0.6) is 0 Å². The van der Waals surface area contributed by atoms with Crippen molar-refractivity contribution in [2.75, 3.05) is 44.2 Å². The molecule has 0 amide bonds. The average Bonchev–Trinajstić information content (AvgIpc) is 2.30. The van der Waals surface area contributed by atoms with Gasteiger partial charge < -0.3 is 10.2 Å². The lowest BCUT2D eigenvalue weighted by atomic mass is 10.0. The molecule has 1 N–H and O–H groups in total. The van der Waals surface area contributed by atoms with Gasteiger partial charge in [0.25, 0.3) is 0 Å². The molecule has 2 aliphatic heterocycles. The van der Waals surface area contributed by atoms with Gasteiger partial charge >= 0.3 is 0 Å². The van der Waals surface area contributed by atoms with Crippen molar-refractivity contribution in [1.29, 1.82) is 0 Å². The third kappa shape index (κ3) is 1.93. The van der Waals surface area contributed by atoms with Gasteiger partial charge in [-0.15, -0.1) is 0 Å². The van der Waals surface area contributed by atoms with Gasteiger partial charge in [-0.05, 0) is 12.1 Å². The van der Waals surface area contributed by atoms with E-state index in [1.165, 1.54) is 31.9 Å². The van der Waals surface area contributed by atoms with E-state index in [0.717, 1.165) is 19.1 Å². The maximum absolute atomic E-state index is 3.41. The number of benzene rings is 1. The lowest BCUT2D eigenvalue weighted by Crippen LogP contribution is -2.62. The van der Waals surface area contributed by atoms with Crippen LogP contribution in [0.4, 0.5) is 5.69 Å². The molecule has 1 aromatic carbocycles. The number of rotatable bonds is 2. The van der Waals surface area contributed by atoms with Crippen LogP contribution < -0.4 is 10.2 Å². The van der Waals surface area contributed by atoms with Crippen LogP contribution in [-0.4, -0.2) is 50.2 Å². The molecular formula is C13H19N3. The maximum Gasteiger partial charge on any atom is 0.0447 e. The summed E-state index contributed by atoms with van der Waals surface area (Å²) in [4.78, 5) is 5.09. The summed E-state index contributed by atoms with van der Waals surface area (Å²) in [5, 5.41) is 3.41. The van der Waals surface area contributed by atoms with Crippen molar-refractivity contribution < 1.29 is 0 Å². The van der Waals surface area contributed by atoms with E-state index >= 15 is 0 Å². The number of anilines is 1. The molecule has 2 fully saturated rings. The molecule has 1 aromatic rings. The second kappa shape index (κ2) is 4.44. The van der Waals surface area contributed by atoms with E-state index in [0.29, 0.717) is 0 Å². The van der Waals surface area contributed by atoms with Crippen molar-refractivity contribution >= 4 is 5.69 Å². The largest absolute Gasteiger partial charge is 0.368 e. The van der Waals surface area contributed by atoms with Gasteiger partial charge in [-0.25, -0.2) is 0 Å². The summed E-state index contributed by atoms with van der Waals surface area (Å²) < 4.78 is 0. The lowest BCUT2D eigenvalue weighted by molar-refractivity contribution is 0.147.